The lowest BCUT2D eigenvalue weighted by atomic mass is 10.1. The number of aryl methyl sites for hydroxylation is 2. The van der Waals surface area contributed by atoms with Gasteiger partial charge in [-0.1, -0.05) is 42.9 Å². The van der Waals surface area contributed by atoms with Gasteiger partial charge in [0.15, 0.2) is 11.5 Å². The van der Waals surface area contributed by atoms with Crippen LogP contribution in [0.25, 0.3) is 6.08 Å². The molecule has 0 radical (unpaired) electrons. The van der Waals surface area contributed by atoms with E-state index < -0.39 is 5.91 Å². The Bertz CT molecular complexity index is 1330. The molecule has 0 bridgehead atoms. The second-order valence-electron chi connectivity index (χ2n) is 8.70. The highest BCUT2D eigenvalue weighted by Crippen LogP contribution is 2.37. The maximum atomic E-state index is 12.7. The van der Waals surface area contributed by atoms with E-state index in [9.17, 15) is 10.1 Å². The van der Waals surface area contributed by atoms with Crippen molar-refractivity contribution in [1.82, 2.24) is 10.2 Å². The molecule has 1 heterocycles. The summed E-state index contributed by atoms with van der Waals surface area (Å²) < 4.78 is 17.0. The zero-order chi connectivity index (χ0) is 26.9. The summed E-state index contributed by atoms with van der Waals surface area (Å²) in [6.07, 6.45) is 2.19. The molecule has 0 spiro atoms. The van der Waals surface area contributed by atoms with Crippen molar-refractivity contribution in [2.75, 3.05) is 25.6 Å². The maximum Gasteiger partial charge on any atom is 0.268 e. The predicted molar refractivity (Wildman–Crippen MR) is 146 cm³/mol. The minimum Gasteiger partial charge on any atom is -0.493 e. The third kappa shape index (κ3) is 7.94. The number of ether oxygens (including phenoxy) is 3. The van der Waals surface area contributed by atoms with Gasteiger partial charge >= 0.3 is 0 Å². The van der Waals surface area contributed by atoms with Crippen molar-refractivity contribution in [3.8, 4) is 23.3 Å². The topological polar surface area (TPSA) is 106 Å². The fraction of sp³-hybridized carbons (Fsp3) is 0.333. The number of aromatic nitrogens is 2. The quantitative estimate of drug-likeness (QED) is 0.180. The molecule has 0 unspecified atom stereocenters. The summed E-state index contributed by atoms with van der Waals surface area (Å²) in [5.74, 6) is 1.30. The molecule has 0 aliphatic carbocycles. The first kappa shape index (κ1) is 28.0. The van der Waals surface area contributed by atoms with Crippen molar-refractivity contribution in [2.24, 2.45) is 5.92 Å². The Morgan fingerprint density at radius 1 is 1.16 bits per heavy atom. The van der Waals surface area contributed by atoms with Gasteiger partial charge in [0, 0.05) is 6.42 Å². The van der Waals surface area contributed by atoms with Crippen LogP contribution in [0.1, 0.15) is 35.5 Å². The minimum atomic E-state index is -0.589. The van der Waals surface area contributed by atoms with Gasteiger partial charge in [-0.15, -0.1) is 10.2 Å². The summed E-state index contributed by atoms with van der Waals surface area (Å²) in [5.41, 5.74) is 2.73. The van der Waals surface area contributed by atoms with Gasteiger partial charge in [0.2, 0.25) is 5.13 Å². The highest BCUT2D eigenvalue weighted by molar-refractivity contribution is 7.15. The Morgan fingerprint density at radius 2 is 1.92 bits per heavy atom. The average molecular weight is 541 g/mol. The Morgan fingerprint density at radius 3 is 2.59 bits per heavy atom. The van der Waals surface area contributed by atoms with Crippen LogP contribution in [0.15, 0.2) is 35.9 Å². The summed E-state index contributed by atoms with van der Waals surface area (Å²) in [7, 11) is 1.49. The number of nitrogens with one attached hydrogen (secondary N) is 1. The number of rotatable bonds is 11. The molecule has 0 aliphatic rings. The Kier molecular flexibility index (Phi) is 9.89. The molecule has 0 atom stereocenters. The average Bonchev–Trinajstić information content (AvgIpc) is 3.28. The van der Waals surface area contributed by atoms with Gasteiger partial charge in [-0.25, -0.2) is 0 Å². The van der Waals surface area contributed by atoms with Gasteiger partial charge in [0.1, 0.15) is 35.6 Å². The van der Waals surface area contributed by atoms with E-state index in [1.54, 1.807) is 12.1 Å². The lowest BCUT2D eigenvalue weighted by Crippen LogP contribution is -2.13. The number of hydrogen-bond acceptors (Lipinski definition) is 8. The van der Waals surface area contributed by atoms with Gasteiger partial charge in [0.05, 0.1) is 12.1 Å². The first-order valence-electron chi connectivity index (χ1n) is 11.7. The van der Waals surface area contributed by atoms with E-state index in [0.717, 1.165) is 22.7 Å². The van der Waals surface area contributed by atoms with Gasteiger partial charge in [-0.3, -0.25) is 10.1 Å². The maximum absolute atomic E-state index is 12.7. The van der Waals surface area contributed by atoms with Crippen LogP contribution < -0.4 is 19.5 Å². The summed E-state index contributed by atoms with van der Waals surface area (Å²) >= 11 is 7.74. The molecule has 1 amide bonds. The number of hydrogen-bond donors (Lipinski definition) is 1. The Labute approximate surface area is 225 Å². The van der Waals surface area contributed by atoms with E-state index in [0.29, 0.717) is 34.7 Å². The third-order valence-corrected chi connectivity index (χ3v) is 6.42. The largest absolute Gasteiger partial charge is 0.493 e. The molecule has 10 heteroatoms. The molecule has 3 aromatic rings. The number of amides is 1. The fourth-order valence-electron chi connectivity index (χ4n) is 3.29. The molecule has 37 heavy (non-hydrogen) atoms. The summed E-state index contributed by atoms with van der Waals surface area (Å²) in [6.45, 7) is 8.78. The number of halogens is 1. The van der Waals surface area contributed by atoms with Gasteiger partial charge < -0.3 is 14.2 Å². The van der Waals surface area contributed by atoms with Crippen LogP contribution in [0, 0.1) is 31.1 Å². The molecule has 0 saturated heterocycles. The van der Waals surface area contributed by atoms with E-state index in [1.165, 1.54) is 30.1 Å². The molecule has 3 rings (SSSR count). The number of carbonyl (C=O) groups is 1. The molecular formula is C27H29ClN4O4S. The van der Waals surface area contributed by atoms with Crippen LogP contribution in [0.3, 0.4) is 0 Å². The molecule has 0 fully saturated rings. The van der Waals surface area contributed by atoms with Crippen molar-refractivity contribution in [3.05, 3.63) is 62.6 Å². The van der Waals surface area contributed by atoms with E-state index in [1.807, 2.05) is 38.1 Å². The minimum absolute atomic E-state index is 0.116. The zero-order valence-corrected chi connectivity index (χ0v) is 23.0. The molecular weight excluding hydrogens is 512 g/mol. The first-order valence-corrected chi connectivity index (χ1v) is 12.9. The molecule has 0 saturated carbocycles. The second-order valence-corrected chi connectivity index (χ2v) is 10.2. The monoisotopic (exact) mass is 540 g/mol. The number of nitriles is 1. The Hall–Kier alpha value is -3.61. The summed E-state index contributed by atoms with van der Waals surface area (Å²) in [4.78, 5) is 12.7. The number of anilines is 1. The highest BCUT2D eigenvalue weighted by Gasteiger charge is 2.16. The second kappa shape index (κ2) is 13.1. The van der Waals surface area contributed by atoms with Crippen LogP contribution >= 0.6 is 22.9 Å². The molecule has 8 nitrogen and oxygen atoms in total. The van der Waals surface area contributed by atoms with Crippen molar-refractivity contribution in [3.63, 3.8) is 0 Å². The molecule has 194 valence electrons. The van der Waals surface area contributed by atoms with E-state index in [4.69, 9.17) is 25.8 Å². The molecule has 1 aromatic heterocycles. The van der Waals surface area contributed by atoms with Gasteiger partial charge in [-0.05, 0) is 66.8 Å². The van der Waals surface area contributed by atoms with Crippen molar-refractivity contribution >= 4 is 40.1 Å². The summed E-state index contributed by atoms with van der Waals surface area (Å²) in [6, 6.07) is 11.0. The molecule has 1 N–H and O–H groups in total. The first-order chi connectivity index (χ1) is 17.7. The van der Waals surface area contributed by atoms with Gasteiger partial charge in [0.25, 0.3) is 5.91 Å². The molecule has 2 aromatic carbocycles. The number of nitrogens with zero attached hydrogens (tertiary/aromatic N) is 3. The normalized spacial score (nSPS) is 11.2. The fourth-order valence-corrected chi connectivity index (χ4v) is 4.51. The van der Waals surface area contributed by atoms with E-state index in [2.05, 4.69) is 29.4 Å². The number of methoxy groups -OCH3 is 1. The smallest absolute Gasteiger partial charge is 0.268 e. The van der Waals surface area contributed by atoms with Crippen LogP contribution in [-0.4, -0.2) is 36.4 Å². The van der Waals surface area contributed by atoms with Crippen LogP contribution in [0.4, 0.5) is 5.13 Å². The van der Waals surface area contributed by atoms with Crippen molar-refractivity contribution in [1.29, 1.82) is 5.26 Å². The lowest BCUT2D eigenvalue weighted by Gasteiger charge is -2.14. The number of benzene rings is 2. The Balaban J connectivity index is 1.66. The van der Waals surface area contributed by atoms with Crippen LogP contribution in [0.2, 0.25) is 5.02 Å². The highest BCUT2D eigenvalue weighted by atomic mass is 35.5. The molecule has 0 aliphatic heterocycles. The van der Waals surface area contributed by atoms with Gasteiger partial charge in [-0.2, -0.15) is 5.26 Å². The van der Waals surface area contributed by atoms with E-state index in [-0.39, 0.29) is 17.2 Å². The standard InChI is InChI=1S/C27H29ClN4O4S/c1-16(2)10-24-31-32-27(37-24)30-26(33)20(15-29)12-19-13-22(28)25(23(14-19)34-5)36-9-8-35-21-7-6-17(3)18(4)11-21/h6-7,11-14,16H,8-10H2,1-5H3,(H,30,32,33)/b20-12-. The SMILES string of the molecule is COc1cc(/C=C(/C#N)C(=O)Nc2nnc(CC(C)C)s2)cc(Cl)c1OCCOc1ccc(C)c(C)c1. The van der Waals surface area contributed by atoms with Crippen molar-refractivity contribution < 1.29 is 19.0 Å². The van der Waals surface area contributed by atoms with Crippen LogP contribution in [0.5, 0.6) is 17.2 Å². The van der Waals surface area contributed by atoms with E-state index >= 15 is 0 Å². The van der Waals surface area contributed by atoms with Crippen LogP contribution in [-0.2, 0) is 11.2 Å². The zero-order valence-electron chi connectivity index (χ0n) is 21.4. The summed E-state index contributed by atoms with van der Waals surface area (Å²) in [5, 5.41) is 21.7. The third-order valence-electron chi connectivity index (χ3n) is 5.27. The predicted octanol–water partition coefficient (Wildman–Crippen LogP) is 6.02. The lowest BCUT2D eigenvalue weighted by molar-refractivity contribution is -0.112. The van der Waals surface area contributed by atoms with Crippen molar-refractivity contribution in [2.45, 2.75) is 34.1 Å². The number of carbonyl (C=O) groups excluding carboxylic acids is 1.